The lowest BCUT2D eigenvalue weighted by atomic mass is 9.95. The Morgan fingerprint density at radius 3 is 2.59 bits per heavy atom. The van der Waals surface area contributed by atoms with E-state index >= 15 is 0 Å². The molecule has 176 valence electrons. The molecule has 1 aromatic heterocycles. The van der Waals surface area contributed by atoms with Crippen molar-refractivity contribution in [1.29, 1.82) is 0 Å². The zero-order chi connectivity index (χ0) is 24.3. The first kappa shape index (κ1) is 23.6. The third kappa shape index (κ3) is 5.15. The molecule has 1 aliphatic rings. The predicted octanol–water partition coefficient (Wildman–Crippen LogP) is 4.49. The van der Waals surface area contributed by atoms with Gasteiger partial charge in [0.05, 0.1) is 21.1 Å². The number of nitrogens with zero attached hydrogens (tertiary/aromatic N) is 2. The van der Waals surface area contributed by atoms with E-state index in [4.69, 9.17) is 0 Å². The first-order valence-electron chi connectivity index (χ1n) is 10.6. The van der Waals surface area contributed by atoms with Gasteiger partial charge in [0.1, 0.15) is 0 Å². The number of thiophene rings is 1. The number of hydrogen-bond acceptors (Lipinski definition) is 7. The van der Waals surface area contributed by atoms with E-state index in [1.54, 1.807) is 42.5 Å². The minimum Gasteiger partial charge on any atom is -0.322 e. The molecule has 9 nitrogen and oxygen atoms in total. The fourth-order valence-corrected chi connectivity index (χ4v) is 5.71. The molecule has 34 heavy (non-hydrogen) atoms. The molecule has 0 atom stereocenters. The van der Waals surface area contributed by atoms with E-state index in [-0.39, 0.29) is 16.5 Å². The number of sulfonamides is 1. The fourth-order valence-electron chi connectivity index (χ4n) is 3.69. The number of carbonyl (C=O) groups is 1. The lowest BCUT2D eigenvalue weighted by molar-refractivity contribution is -0.385. The van der Waals surface area contributed by atoms with Gasteiger partial charge in [-0.2, -0.15) is 18.4 Å². The molecule has 1 aliphatic carbocycles. The number of nitrogens with one attached hydrogen (secondary N) is 2. The van der Waals surface area contributed by atoms with E-state index in [2.05, 4.69) is 15.2 Å². The van der Waals surface area contributed by atoms with Gasteiger partial charge in [0.15, 0.2) is 0 Å². The van der Waals surface area contributed by atoms with Crippen LogP contribution in [0.5, 0.6) is 0 Å². The van der Waals surface area contributed by atoms with Crippen LogP contribution < -0.4 is 10.1 Å². The number of non-ortho nitro benzene ring substituents is 1. The van der Waals surface area contributed by atoms with Gasteiger partial charge in [-0.05, 0) is 61.9 Å². The molecule has 3 aromatic rings. The van der Waals surface area contributed by atoms with E-state index < -0.39 is 14.9 Å². The Kier molecular flexibility index (Phi) is 6.75. The van der Waals surface area contributed by atoms with Gasteiger partial charge >= 0.3 is 0 Å². The Labute approximate surface area is 200 Å². The van der Waals surface area contributed by atoms with Gasteiger partial charge in [0, 0.05) is 28.1 Å². The number of aryl methyl sites for hydroxylation is 1. The average Bonchev–Trinajstić information content (AvgIpc) is 3.27. The summed E-state index contributed by atoms with van der Waals surface area (Å²) in [5.41, 5.74) is 3.21. The molecule has 0 bridgehead atoms. The van der Waals surface area contributed by atoms with Crippen molar-refractivity contribution in [2.75, 3.05) is 5.32 Å². The van der Waals surface area contributed by atoms with E-state index in [9.17, 15) is 23.3 Å². The lowest BCUT2D eigenvalue weighted by Crippen LogP contribution is -2.20. The highest BCUT2D eigenvalue weighted by Gasteiger charge is 2.20. The van der Waals surface area contributed by atoms with Crippen LogP contribution in [0.25, 0.3) is 0 Å². The summed E-state index contributed by atoms with van der Waals surface area (Å²) in [6.45, 7) is 1.63. The quantitative estimate of drug-likeness (QED) is 0.281. The van der Waals surface area contributed by atoms with Crippen LogP contribution in [-0.4, -0.2) is 25.0 Å². The van der Waals surface area contributed by atoms with Gasteiger partial charge in [-0.15, -0.1) is 11.3 Å². The Hall–Kier alpha value is -3.57. The third-order valence-electron chi connectivity index (χ3n) is 5.54. The molecule has 11 heteroatoms. The molecule has 2 aromatic carbocycles. The van der Waals surface area contributed by atoms with Crippen LogP contribution in [0, 0.1) is 10.1 Å². The zero-order valence-electron chi connectivity index (χ0n) is 18.3. The number of benzene rings is 2. The molecule has 2 N–H and O–H groups in total. The van der Waals surface area contributed by atoms with Gasteiger partial charge in [-0.25, -0.2) is 0 Å². The van der Waals surface area contributed by atoms with Crippen LogP contribution >= 0.6 is 11.3 Å². The van der Waals surface area contributed by atoms with Crippen molar-refractivity contribution in [3.8, 4) is 0 Å². The molecule has 0 spiro atoms. The van der Waals surface area contributed by atoms with Crippen molar-refractivity contribution in [2.24, 2.45) is 5.10 Å². The summed E-state index contributed by atoms with van der Waals surface area (Å²) in [6, 6.07) is 11.6. The van der Waals surface area contributed by atoms with Crippen LogP contribution in [-0.2, 0) is 22.9 Å². The molecular weight excluding hydrogens is 476 g/mol. The molecule has 1 amide bonds. The van der Waals surface area contributed by atoms with Crippen molar-refractivity contribution in [3.05, 3.63) is 85.6 Å². The number of nitro benzene ring substituents is 1. The van der Waals surface area contributed by atoms with Crippen LogP contribution in [0.4, 0.5) is 11.4 Å². The average molecular weight is 499 g/mol. The van der Waals surface area contributed by atoms with E-state index in [1.165, 1.54) is 29.5 Å². The summed E-state index contributed by atoms with van der Waals surface area (Å²) in [6.07, 6.45) is 4.23. The second-order valence-corrected chi connectivity index (χ2v) is 10.5. The first-order chi connectivity index (χ1) is 16.2. The molecule has 0 saturated carbocycles. The standard InChI is InChI=1S/C23H22N4O5S2/c1-15(25-26-34(31,32)19-6-4-5-18(13-19)27(29)30)16-9-11-17(12-10-16)24-23(28)21-14-33-22-8-3-2-7-20(21)22/h4-6,9-14,26H,2-3,7-8H2,1H3,(H,24,28)/b25-15-. The van der Waals surface area contributed by atoms with Crippen molar-refractivity contribution >= 4 is 44.4 Å². The second-order valence-electron chi connectivity index (χ2n) is 7.84. The van der Waals surface area contributed by atoms with Crippen LogP contribution in [0.1, 0.15) is 46.1 Å². The number of rotatable bonds is 7. The monoisotopic (exact) mass is 498 g/mol. The number of fused-ring (bicyclic) bond motifs is 1. The Morgan fingerprint density at radius 2 is 1.85 bits per heavy atom. The van der Waals surface area contributed by atoms with E-state index in [0.717, 1.165) is 36.5 Å². The Bertz CT molecular complexity index is 1380. The van der Waals surface area contributed by atoms with Gasteiger partial charge in [0.2, 0.25) is 0 Å². The molecule has 1 heterocycles. The van der Waals surface area contributed by atoms with Crippen molar-refractivity contribution in [1.82, 2.24) is 4.83 Å². The predicted molar refractivity (Wildman–Crippen MR) is 131 cm³/mol. The Balaban J connectivity index is 1.43. The maximum Gasteiger partial charge on any atom is 0.276 e. The molecule has 0 saturated heterocycles. The summed E-state index contributed by atoms with van der Waals surface area (Å²) in [5.74, 6) is -0.137. The van der Waals surface area contributed by atoms with E-state index in [1.807, 2.05) is 5.38 Å². The molecule has 4 rings (SSSR count). The van der Waals surface area contributed by atoms with Crippen LogP contribution in [0.3, 0.4) is 0 Å². The Morgan fingerprint density at radius 1 is 1.12 bits per heavy atom. The van der Waals surface area contributed by atoms with Crippen molar-refractivity contribution in [2.45, 2.75) is 37.5 Å². The van der Waals surface area contributed by atoms with Gasteiger partial charge < -0.3 is 5.32 Å². The number of amides is 1. The highest BCUT2D eigenvalue weighted by atomic mass is 32.2. The fraction of sp³-hybridized carbons (Fsp3) is 0.217. The minimum absolute atomic E-state index is 0.137. The van der Waals surface area contributed by atoms with Crippen LogP contribution in [0.15, 0.2) is 63.9 Å². The molecule has 0 aliphatic heterocycles. The topological polar surface area (TPSA) is 131 Å². The summed E-state index contributed by atoms with van der Waals surface area (Å²) in [5, 5.41) is 19.6. The number of hydrazone groups is 1. The summed E-state index contributed by atoms with van der Waals surface area (Å²) < 4.78 is 24.9. The summed E-state index contributed by atoms with van der Waals surface area (Å²) >= 11 is 1.64. The van der Waals surface area contributed by atoms with Crippen LogP contribution in [0.2, 0.25) is 0 Å². The second kappa shape index (κ2) is 9.74. The summed E-state index contributed by atoms with van der Waals surface area (Å²) in [7, 11) is -4.07. The number of anilines is 1. The zero-order valence-corrected chi connectivity index (χ0v) is 19.9. The molecular formula is C23H22N4O5S2. The smallest absolute Gasteiger partial charge is 0.276 e. The third-order valence-corrected chi connectivity index (χ3v) is 7.83. The minimum atomic E-state index is -4.07. The number of hydrogen-bond donors (Lipinski definition) is 2. The van der Waals surface area contributed by atoms with Gasteiger partial charge in [0.25, 0.3) is 21.6 Å². The highest BCUT2D eigenvalue weighted by Crippen LogP contribution is 2.30. The molecule has 0 radical (unpaired) electrons. The summed E-state index contributed by atoms with van der Waals surface area (Å²) in [4.78, 5) is 26.1. The molecule has 0 fully saturated rings. The maximum atomic E-state index is 12.7. The van der Waals surface area contributed by atoms with Crippen molar-refractivity contribution < 1.29 is 18.1 Å². The highest BCUT2D eigenvalue weighted by molar-refractivity contribution is 7.89. The number of nitro groups is 1. The van der Waals surface area contributed by atoms with E-state index in [0.29, 0.717) is 17.0 Å². The first-order valence-corrected chi connectivity index (χ1v) is 12.9. The largest absolute Gasteiger partial charge is 0.322 e. The lowest BCUT2D eigenvalue weighted by Gasteiger charge is -2.13. The normalized spacial score (nSPS) is 13.7. The van der Waals surface area contributed by atoms with Gasteiger partial charge in [-0.3, -0.25) is 14.9 Å². The molecule has 0 unspecified atom stereocenters. The number of carbonyl (C=O) groups excluding carboxylic acids is 1. The van der Waals surface area contributed by atoms with Crippen molar-refractivity contribution in [3.63, 3.8) is 0 Å². The van der Waals surface area contributed by atoms with Gasteiger partial charge in [-0.1, -0.05) is 18.2 Å². The SMILES string of the molecule is C/C(=N/NS(=O)(=O)c1cccc([N+](=O)[O-])c1)c1ccc(NC(=O)c2csc3c2CCCC3)cc1. The maximum absolute atomic E-state index is 12.7.